The zero-order valence-corrected chi connectivity index (χ0v) is 16.3. The molecule has 1 saturated heterocycles. The summed E-state index contributed by atoms with van der Waals surface area (Å²) < 4.78 is 11.3. The van der Waals surface area contributed by atoms with Crippen LogP contribution in [0.4, 0.5) is 0 Å². The number of allylic oxidation sites excluding steroid dienone is 1. The maximum Gasteiger partial charge on any atom is 0.187 e. The molecule has 1 aliphatic carbocycles. The van der Waals surface area contributed by atoms with Gasteiger partial charge in [0.05, 0.1) is 24.9 Å². The Hall–Kier alpha value is -0.580. The first kappa shape index (κ1) is 22.7. The van der Waals surface area contributed by atoms with Crippen LogP contribution in [0.1, 0.15) is 34.1 Å². The molecular weight excluding hydrogens is 356 g/mol. The summed E-state index contributed by atoms with van der Waals surface area (Å²) in [5, 5.41) is 59.5. The first-order valence-corrected chi connectivity index (χ1v) is 9.50. The van der Waals surface area contributed by atoms with E-state index in [1.165, 1.54) is 0 Å². The van der Waals surface area contributed by atoms with Crippen molar-refractivity contribution in [3.8, 4) is 0 Å². The molecule has 0 aromatic heterocycles. The number of aliphatic hydroxyl groups excluding tert-OH is 6. The van der Waals surface area contributed by atoms with E-state index in [1.807, 2.05) is 26.8 Å². The molecule has 1 saturated carbocycles. The summed E-state index contributed by atoms with van der Waals surface area (Å²) in [7, 11) is 0. The fraction of sp³-hybridized carbons (Fsp3) is 0.895. The van der Waals surface area contributed by atoms with Gasteiger partial charge in [0.1, 0.15) is 24.4 Å². The van der Waals surface area contributed by atoms with Crippen LogP contribution in [-0.2, 0) is 9.47 Å². The van der Waals surface area contributed by atoms with E-state index < -0.39 is 55.6 Å². The third kappa shape index (κ3) is 4.89. The van der Waals surface area contributed by atoms with Gasteiger partial charge in [-0.2, -0.15) is 0 Å². The molecule has 2 aliphatic rings. The lowest BCUT2D eigenvalue weighted by molar-refractivity contribution is -0.326. The Balaban J connectivity index is 2.18. The molecular formula is C19H34O8. The maximum absolute atomic E-state index is 10.6. The number of hydrogen-bond acceptors (Lipinski definition) is 8. The van der Waals surface area contributed by atoms with Gasteiger partial charge in [0, 0.05) is 0 Å². The van der Waals surface area contributed by atoms with Crippen LogP contribution in [0.5, 0.6) is 0 Å². The summed E-state index contributed by atoms with van der Waals surface area (Å²) in [5.74, 6) is -0.184. The second-order valence-corrected chi connectivity index (χ2v) is 8.57. The molecule has 0 amide bonds. The summed E-state index contributed by atoms with van der Waals surface area (Å²) in [6, 6.07) is 0. The Morgan fingerprint density at radius 2 is 1.78 bits per heavy atom. The second-order valence-electron chi connectivity index (χ2n) is 8.57. The van der Waals surface area contributed by atoms with E-state index in [2.05, 4.69) is 0 Å². The lowest BCUT2D eigenvalue weighted by Crippen LogP contribution is -2.61. The Bertz CT molecular complexity index is 506. The first-order chi connectivity index (χ1) is 12.5. The molecule has 10 atom stereocenters. The Labute approximate surface area is 160 Å². The van der Waals surface area contributed by atoms with Crippen LogP contribution in [0.3, 0.4) is 0 Å². The highest BCUT2D eigenvalue weighted by atomic mass is 16.7. The number of ether oxygens (including phenoxy) is 2. The zero-order valence-electron chi connectivity index (χ0n) is 16.3. The molecule has 2 fully saturated rings. The van der Waals surface area contributed by atoms with E-state index in [0.717, 1.165) is 0 Å². The lowest BCUT2D eigenvalue weighted by Gasteiger charge is -2.50. The van der Waals surface area contributed by atoms with Crippen molar-refractivity contribution in [2.24, 2.45) is 17.3 Å². The minimum Gasteiger partial charge on any atom is -0.394 e. The van der Waals surface area contributed by atoms with Gasteiger partial charge in [-0.05, 0) is 30.6 Å². The molecule has 0 aromatic carbocycles. The van der Waals surface area contributed by atoms with Gasteiger partial charge >= 0.3 is 0 Å². The highest BCUT2D eigenvalue weighted by Gasteiger charge is 2.50. The van der Waals surface area contributed by atoms with Gasteiger partial charge in [0.25, 0.3) is 0 Å². The first-order valence-electron chi connectivity index (χ1n) is 9.50. The molecule has 27 heavy (non-hydrogen) atoms. The quantitative estimate of drug-likeness (QED) is 0.334. The largest absolute Gasteiger partial charge is 0.394 e. The van der Waals surface area contributed by atoms with Crippen LogP contribution < -0.4 is 0 Å². The number of hydrogen-bond donors (Lipinski definition) is 6. The third-order valence-corrected chi connectivity index (χ3v) is 5.84. The molecule has 1 heterocycles. The molecule has 8 heteroatoms. The van der Waals surface area contributed by atoms with Crippen LogP contribution in [0.2, 0.25) is 0 Å². The van der Waals surface area contributed by atoms with Gasteiger partial charge < -0.3 is 40.1 Å². The van der Waals surface area contributed by atoms with Crippen molar-refractivity contribution in [2.75, 3.05) is 6.61 Å². The van der Waals surface area contributed by atoms with Crippen molar-refractivity contribution in [2.45, 2.75) is 83.1 Å². The van der Waals surface area contributed by atoms with Crippen molar-refractivity contribution < 1.29 is 40.1 Å². The van der Waals surface area contributed by atoms with Gasteiger partial charge in [-0.3, -0.25) is 0 Å². The molecule has 0 bridgehead atoms. The molecule has 0 spiro atoms. The molecule has 0 radical (unpaired) electrons. The summed E-state index contributed by atoms with van der Waals surface area (Å²) in [6.45, 7) is 7.10. The minimum atomic E-state index is -1.53. The van der Waals surface area contributed by atoms with Gasteiger partial charge in [-0.25, -0.2) is 0 Å². The summed E-state index contributed by atoms with van der Waals surface area (Å²) in [5.41, 5.74) is -0.237. The summed E-state index contributed by atoms with van der Waals surface area (Å²) in [4.78, 5) is 0. The topological polar surface area (TPSA) is 140 Å². The molecule has 0 aromatic rings. The van der Waals surface area contributed by atoms with Crippen LogP contribution >= 0.6 is 0 Å². The average molecular weight is 390 g/mol. The highest BCUT2D eigenvalue weighted by molar-refractivity contribution is 5.06. The molecule has 1 aliphatic heterocycles. The minimum absolute atomic E-state index is 0.00890. The van der Waals surface area contributed by atoms with Gasteiger partial charge in [-0.1, -0.05) is 32.9 Å². The predicted octanol–water partition coefficient (Wildman–Crippen LogP) is -0.848. The van der Waals surface area contributed by atoms with E-state index in [4.69, 9.17) is 9.47 Å². The van der Waals surface area contributed by atoms with Gasteiger partial charge in [0.2, 0.25) is 0 Å². The fourth-order valence-corrected chi connectivity index (χ4v) is 4.32. The van der Waals surface area contributed by atoms with Crippen LogP contribution in [-0.4, -0.2) is 86.3 Å². The lowest BCUT2D eigenvalue weighted by atomic mass is 9.62. The Kier molecular flexibility index (Phi) is 7.43. The molecule has 158 valence electrons. The van der Waals surface area contributed by atoms with E-state index in [9.17, 15) is 30.6 Å². The van der Waals surface area contributed by atoms with Gasteiger partial charge in [0.15, 0.2) is 6.29 Å². The van der Waals surface area contributed by atoms with Gasteiger partial charge in [-0.15, -0.1) is 0 Å². The summed E-state index contributed by atoms with van der Waals surface area (Å²) >= 11 is 0. The Morgan fingerprint density at radius 1 is 1.15 bits per heavy atom. The molecule has 6 N–H and O–H groups in total. The van der Waals surface area contributed by atoms with Crippen LogP contribution in [0.15, 0.2) is 12.2 Å². The fourth-order valence-electron chi connectivity index (χ4n) is 4.32. The summed E-state index contributed by atoms with van der Waals surface area (Å²) in [6.07, 6.45) is -4.89. The SMILES string of the molecule is C[C@H]1[C@@H](O[C@@H]2O[C@H](CO)[C@@H](O)[C@H](O)[C@H]2O)[C@@H](O)CC(C)(C)[C@H]1/C=C/[C@@H](C)O. The molecule has 8 nitrogen and oxygen atoms in total. The predicted molar refractivity (Wildman–Crippen MR) is 96.5 cm³/mol. The van der Waals surface area contributed by atoms with Crippen molar-refractivity contribution in [1.29, 1.82) is 0 Å². The molecule has 0 unspecified atom stereocenters. The molecule has 2 rings (SSSR count). The van der Waals surface area contributed by atoms with Crippen LogP contribution in [0.25, 0.3) is 0 Å². The van der Waals surface area contributed by atoms with Crippen LogP contribution in [0, 0.1) is 17.3 Å². The zero-order chi connectivity index (χ0) is 20.5. The third-order valence-electron chi connectivity index (χ3n) is 5.84. The van der Waals surface area contributed by atoms with Crippen molar-refractivity contribution in [3.05, 3.63) is 12.2 Å². The second kappa shape index (κ2) is 8.84. The van der Waals surface area contributed by atoms with E-state index in [-0.39, 0.29) is 17.3 Å². The van der Waals surface area contributed by atoms with E-state index in [1.54, 1.807) is 13.0 Å². The van der Waals surface area contributed by atoms with Crippen molar-refractivity contribution in [3.63, 3.8) is 0 Å². The smallest absolute Gasteiger partial charge is 0.187 e. The standard InChI is InChI=1S/C19H34O8/c1-9(21)5-6-11-10(2)17(12(22)7-19(11,3)4)27-18-16(25)15(24)14(23)13(8-20)26-18/h5-6,9-18,20-25H,7-8H2,1-4H3/b6-5+/t9-,10-,11+,12+,13-,14-,15+,16-,17-,18+/m1/s1. The Morgan fingerprint density at radius 3 is 2.33 bits per heavy atom. The monoisotopic (exact) mass is 390 g/mol. The number of aliphatic hydroxyl groups is 6. The van der Waals surface area contributed by atoms with E-state index in [0.29, 0.717) is 6.42 Å². The maximum atomic E-state index is 10.6. The number of rotatable bonds is 5. The van der Waals surface area contributed by atoms with Crippen molar-refractivity contribution in [1.82, 2.24) is 0 Å². The van der Waals surface area contributed by atoms with Crippen molar-refractivity contribution >= 4 is 0 Å². The average Bonchev–Trinajstić information content (AvgIpc) is 2.57. The normalized spacial score (nSPS) is 46.5. The highest BCUT2D eigenvalue weighted by Crippen LogP contribution is 2.46. The van der Waals surface area contributed by atoms with E-state index >= 15 is 0 Å².